The SMILES string of the molecule is COC(=O)c1cc(-c2ccccc2)sc1NC(=S)NC(C)CCCC(C)C. The summed E-state index contributed by atoms with van der Waals surface area (Å²) in [5.41, 5.74) is 1.56. The van der Waals surface area contributed by atoms with Crippen molar-refractivity contribution in [2.75, 3.05) is 12.4 Å². The van der Waals surface area contributed by atoms with Gasteiger partial charge >= 0.3 is 5.97 Å². The average molecular weight is 405 g/mol. The fourth-order valence-corrected chi connectivity index (χ4v) is 4.18. The lowest BCUT2D eigenvalue weighted by molar-refractivity contribution is 0.0602. The Morgan fingerprint density at radius 2 is 1.89 bits per heavy atom. The fourth-order valence-electron chi connectivity index (χ4n) is 2.76. The van der Waals surface area contributed by atoms with E-state index in [1.54, 1.807) is 0 Å². The van der Waals surface area contributed by atoms with Crippen LogP contribution in [0.15, 0.2) is 36.4 Å². The van der Waals surface area contributed by atoms with Gasteiger partial charge in [-0.05, 0) is 43.1 Å². The molecule has 0 aliphatic rings. The van der Waals surface area contributed by atoms with Crippen LogP contribution < -0.4 is 10.6 Å². The Labute approximate surface area is 171 Å². The molecule has 1 heterocycles. The van der Waals surface area contributed by atoms with Crippen LogP contribution in [0.2, 0.25) is 0 Å². The number of esters is 1. The number of hydrogen-bond donors (Lipinski definition) is 2. The maximum absolute atomic E-state index is 12.2. The van der Waals surface area contributed by atoms with Crippen LogP contribution in [0.4, 0.5) is 5.00 Å². The van der Waals surface area contributed by atoms with Crippen molar-refractivity contribution in [3.05, 3.63) is 42.0 Å². The van der Waals surface area contributed by atoms with E-state index in [-0.39, 0.29) is 12.0 Å². The Kier molecular flexibility index (Phi) is 8.25. The highest BCUT2D eigenvalue weighted by molar-refractivity contribution is 7.80. The Hall–Kier alpha value is -1.92. The first-order valence-corrected chi connectivity index (χ1v) is 10.5. The normalized spacial score (nSPS) is 11.9. The molecule has 4 nitrogen and oxygen atoms in total. The molecule has 0 aliphatic heterocycles. The number of benzene rings is 1. The van der Waals surface area contributed by atoms with Gasteiger partial charge in [0.15, 0.2) is 5.11 Å². The standard InChI is InChI=1S/C21H28N2O2S2/c1-14(2)9-8-10-15(3)22-21(26)23-19-17(20(24)25-4)13-18(27-19)16-11-6-5-7-12-16/h5-7,11-15H,8-10H2,1-4H3,(H2,22,23,26). The summed E-state index contributed by atoms with van der Waals surface area (Å²) in [6.07, 6.45) is 3.44. The second-order valence-electron chi connectivity index (χ2n) is 7.04. The van der Waals surface area contributed by atoms with E-state index in [1.807, 2.05) is 36.4 Å². The van der Waals surface area contributed by atoms with Crippen LogP contribution in [0.1, 0.15) is 50.4 Å². The zero-order valence-corrected chi connectivity index (χ0v) is 18.0. The van der Waals surface area contributed by atoms with Crippen molar-refractivity contribution in [2.24, 2.45) is 5.92 Å². The number of thiocarbonyl (C=S) groups is 1. The van der Waals surface area contributed by atoms with E-state index in [4.69, 9.17) is 17.0 Å². The largest absolute Gasteiger partial charge is 0.465 e. The smallest absolute Gasteiger partial charge is 0.340 e. The number of nitrogens with one attached hydrogen (secondary N) is 2. The molecule has 0 radical (unpaired) electrons. The van der Waals surface area contributed by atoms with Gasteiger partial charge in [-0.3, -0.25) is 0 Å². The second kappa shape index (κ2) is 10.4. The molecule has 0 bridgehead atoms. The maximum atomic E-state index is 12.2. The molecule has 0 saturated carbocycles. The van der Waals surface area contributed by atoms with Crippen LogP contribution in [-0.4, -0.2) is 24.2 Å². The molecule has 0 amide bonds. The van der Waals surface area contributed by atoms with Gasteiger partial charge in [-0.2, -0.15) is 0 Å². The maximum Gasteiger partial charge on any atom is 0.340 e. The molecule has 146 valence electrons. The Bertz CT molecular complexity index is 757. The van der Waals surface area contributed by atoms with E-state index in [9.17, 15) is 4.79 Å². The van der Waals surface area contributed by atoms with E-state index in [0.29, 0.717) is 21.6 Å². The van der Waals surface area contributed by atoms with E-state index in [1.165, 1.54) is 31.3 Å². The monoisotopic (exact) mass is 404 g/mol. The van der Waals surface area contributed by atoms with E-state index < -0.39 is 0 Å². The number of carbonyl (C=O) groups excluding carboxylic acids is 1. The lowest BCUT2D eigenvalue weighted by Crippen LogP contribution is -2.36. The van der Waals surface area contributed by atoms with Gasteiger partial charge in [-0.25, -0.2) is 4.79 Å². The Balaban J connectivity index is 2.06. The van der Waals surface area contributed by atoms with Crippen LogP contribution in [0.5, 0.6) is 0 Å². The summed E-state index contributed by atoms with van der Waals surface area (Å²) in [6.45, 7) is 6.60. The number of anilines is 1. The third-order valence-electron chi connectivity index (χ3n) is 4.22. The first-order chi connectivity index (χ1) is 12.9. The number of thiophene rings is 1. The van der Waals surface area contributed by atoms with Gasteiger partial charge in [0.05, 0.1) is 12.7 Å². The lowest BCUT2D eigenvalue weighted by Gasteiger charge is -2.17. The molecular weight excluding hydrogens is 376 g/mol. The summed E-state index contributed by atoms with van der Waals surface area (Å²) >= 11 is 6.95. The quantitative estimate of drug-likeness (QED) is 0.436. The summed E-state index contributed by atoms with van der Waals surface area (Å²) in [4.78, 5) is 13.2. The zero-order chi connectivity index (χ0) is 19.8. The molecule has 1 unspecified atom stereocenters. The fraction of sp³-hybridized carbons (Fsp3) is 0.429. The summed E-state index contributed by atoms with van der Waals surface area (Å²) in [5.74, 6) is 0.344. The minimum Gasteiger partial charge on any atom is -0.465 e. The third-order valence-corrected chi connectivity index (χ3v) is 5.54. The molecule has 0 saturated heterocycles. The van der Waals surface area contributed by atoms with Gasteiger partial charge in [0, 0.05) is 10.9 Å². The summed E-state index contributed by atoms with van der Waals surface area (Å²) in [5, 5.41) is 7.72. The van der Waals surface area contributed by atoms with Gasteiger partial charge in [0.1, 0.15) is 5.00 Å². The highest BCUT2D eigenvalue weighted by Crippen LogP contribution is 2.35. The van der Waals surface area contributed by atoms with E-state index in [0.717, 1.165) is 16.9 Å². The molecule has 0 aliphatic carbocycles. The molecule has 2 N–H and O–H groups in total. The highest BCUT2D eigenvalue weighted by Gasteiger charge is 2.18. The highest BCUT2D eigenvalue weighted by atomic mass is 32.1. The first-order valence-electron chi connectivity index (χ1n) is 9.25. The zero-order valence-electron chi connectivity index (χ0n) is 16.4. The van der Waals surface area contributed by atoms with Crippen LogP contribution in [0.3, 0.4) is 0 Å². The van der Waals surface area contributed by atoms with Gasteiger partial charge in [-0.15, -0.1) is 11.3 Å². The minimum absolute atomic E-state index is 0.277. The molecule has 0 fully saturated rings. The molecule has 2 aromatic rings. The van der Waals surface area contributed by atoms with Crippen molar-refractivity contribution >= 4 is 39.6 Å². The van der Waals surface area contributed by atoms with Gasteiger partial charge in [0.2, 0.25) is 0 Å². The molecule has 0 spiro atoms. The van der Waals surface area contributed by atoms with Crippen molar-refractivity contribution in [3.8, 4) is 10.4 Å². The van der Waals surface area contributed by atoms with Crippen LogP contribution in [0, 0.1) is 5.92 Å². The van der Waals surface area contributed by atoms with Crippen molar-refractivity contribution in [2.45, 2.75) is 46.1 Å². The molecular formula is C21H28N2O2S2. The minimum atomic E-state index is -0.372. The molecule has 2 rings (SSSR count). The van der Waals surface area contributed by atoms with Crippen molar-refractivity contribution in [3.63, 3.8) is 0 Å². The Morgan fingerprint density at radius 1 is 1.19 bits per heavy atom. The molecule has 1 aromatic heterocycles. The number of carbonyl (C=O) groups is 1. The predicted molar refractivity (Wildman–Crippen MR) is 119 cm³/mol. The van der Waals surface area contributed by atoms with E-state index in [2.05, 4.69) is 31.4 Å². The summed E-state index contributed by atoms with van der Waals surface area (Å²) in [7, 11) is 1.39. The average Bonchev–Trinajstić information content (AvgIpc) is 3.05. The number of methoxy groups -OCH3 is 1. The number of ether oxygens (including phenoxy) is 1. The van der Waals surface area contributed by atoms with Crippen LogP contribution in [-0.2, 0) is 4.74 Å². The molecule has 1 atom stereocenters. The van der Waals surface area contributed by atoms with Gasteiger partial charge < -0.3 is 15.4 Å². The lowest BCUT2D eigenvalue weighted by atomic mass is 10.0. The van der Waals surface area contributed by atoms with Gasteiger partial charge in [0.25, 0.3) is 0 Å². The van der Waals surface area contributed by atoms with Crippen LogP contribution in [0.25, 0.3) is 10.4 Å². The van der Waals surface area contributed by atoms with Gasteiger partial charge in [-0.1, -0.05) is 57.0 Å². The Morgan fingerprint density at radius 3 is 2.52 bits per heavy atom. The summed E-state index contributed by atoms with van der Waals surface area (Å²) < 4.78 is 4.93. The number of hydrogen-bond acceptors (Lipinski definition) is 4. The number of rotatable bonds is 8. The first kappa shape index (κ1) is 21.4. The van der Waals surface area contributed by atoms with Crippen LogP contribution >= 0.6 is 23.6 Å². The molecule has 6 heteroatoms. The van der Waals surface area contributed by atoms with Crippen molar-refractivity contribution in [1.29, 1.82) is 0 Å². The van der Waals surface area contributed by atoms with Crippen molar-refractivity contribution in [1.82, 2.24) is 5.32 Å². The predicted octanol–water partition coefficient (Wildman–Crippen LogP) is 5.70. The van der Waals surface area contributed by atoms with E-state index >= 15 is 0 Å². The topological polar surface area (TPSA) is 50.4 Å². The molecule has 1 aromatic carbocycles. The second-order valence-corrected chi connectivity index (χ2v) is 8.50. The summed E-state index contributed by atoms with van der Waals surface area (Å²) in [6, 6.07) is 12.1. The van der Waals surface area contributed by atoms with Crippen molar-refractivity contribution < 1.29 is 9.53 Å². The third kappa shape index (κ3) is 6.63. The molecule has 27 heavy (non-hydrogen) atoms.